The van der Waals surface area contributed by atoms with Crippen molar-refractivity contribution >= 4 is 22.9 Å². The van der Waals surface area contributed by atoms with Crippen LogP contribution in [-0.2, 0) is 6.61 Å². The Morgan fingerprint density at radius 1 is 1.33 bits per heavy atom. The highest BCUT2D eigenvalue weighted by molar-refractivity contribution is 7.09. The molecule has 7 heteroatoms. The number of amides is 1. The molecule has 0 saturated carbocycles. The fourth-order valence-electron chi connectivity index (χ4n) is 1.99. The number of pyridine rings is 1. The van der Waals surface area contributed by atoms with Gasteiger partial charge in [-0.15, -0.1) is 11.3 Å². The Balaban J connectivity index is 1.65. The summed E-state index contributed by atoms with van der Waals surface area (Å²) in [6.45, 7) is 1.98. The largest absolute Gasteiger partial charge is 0.484 e. The number of benzene rings is 1. The minimum Gasteiger partial charge on any atom is -0.484 e. The van der Waals surface area contributed by atoms with Gasteiger partial charge < -0.3 is 10.1 Å². The fraction of sp³-hybridized carbons (Fsp3) is 0.118. The van der Waals surface area contributed by atoms with Gasteiger partial charge in [0.05, 0.1) is 10.7 Å². The number of thiazole rings is 1. The predicted molar refractivity (Wildman–Crippen MR) is 89.8 cm³/mol. The van der Waals surface area contributed by atoms with Gasteiger partial charge in [0.25, 0.3) is 5.91 Å². The molecule has 2 aromatic heterocycles. The smallest absolute Gasteiger partial charge is 0.275 e. The second kappa shape index (κ2) is 7.18. The van der Waals surface area contributed by atoms with Gasteiger partial charge in [-0.1, -0.05) is 6.07 Å². The Labute approximate surface area is 142 Å². The molecule has 1 N–H and O–H groups in total. The maximum Gasteiger partial charge on any atom is 0.275 e. The number of anilines is 1. The molecule has 3 rings (SSSR count). The zero-order chi connectivity index (χ0) is 16.9. The van der Waals surface area contributed by atoms with Crippen molar-refractivity contribution in [3.05, 3.63) is 70.2 Å². The van der Waals surface area contributed by atoms with Crippen LogP contribution in [0.2, 0.25) is 0 Å². The van der Waals surface area contributed by atoms with Crippen LogP contribution in [0.4, 0.5) is 10.1 Å². The molecular formula is C17H14FN3O2S. The van der Waals surface area contributed by atoms with Crippen LogP contribution in [0.5, 0.6) is 5.75 Å². The molecule has 0 aliphatic rings. The Kier molecular flexibility index (Phi) is 4.81. The predicted octanol–water partition coefficient (Wildman–Crippen LogP) is 3.82. The second-order valence-electron chi connectivity index (χ2n) is 4.96. The summed E-state index contributed by atoms with van der Waals surface area (Å²) in [7, 11) is 0. The average Bonchev–Trinajstić information content (AvgIpc) is 3.02. The molecule has 3 aromatic rings. The van der Waals surface area contributed by atoms with Gasteiger partial charge in [-0.2, -0.15) is 0 Å². The molecule has 0 unspecified atom stereocenters. The number of aryl methyl sites for hydroxylation is 1. The van der Waals surface area contributed by atoms with Gasteiger partial charge in [0.2, 0.25) is 0 Å². The van der Waals surface area contributed by atoms with E-state index >= 15 is 0 Å². The van der Waals surface area contributed by atoms with Gasteiger partial charge in [0.1, 0.15) is 12.3 Å². The summed E-state index contributed by atoms with van der Waals surface area (Å²) in [5, 5.41) is 5.06. The van der Waals surface area contributed by atoms with Crippen LogP contribution >= 0.6 is 11.3 Å². The molecule has 0 atom stereocenters. The number of halogens is 1. The van der Waals surface area contributed by atoms with E-state index in [1.165, 1.54) is 23.5 Å². The lowest BCUT2D eigenvalue weighted by molar-refractivity contribution is 0.102. The van der Waals surface area contributed by atoms with Gasteiger partial charge >= 0.3 is 0 Å². The third-order valence-electron chi connectivity index (χ3n) is 3.14. The first-order valence-electron chi connectivity index (χ1n) is 7.17. The Bertz CT molecular complexity index is 852. The normalized spacial score (nSPS) is 10.4. The molecule has 0 saturated heterocycles. The van der Waals surface area contributed by atoms with E-state index in [1.54, 1.807) is 29.8 Å². The number of ether oxygens (including phenoxy) is 1. The number of hydrogen-bond donors (Lipinski definition) is 1. The van der Waals surface area contributed by atoms with E-state index in [0.29, 0.717) is 17.1 Å². The SMILES string of the molecule is Cc1nc(C(=O)Nc2ccc(OCc3ccccn3)c(F)c2)cs1. The summed E-state index contributed by atoms with van der Waals surface area (Å²) in [5.74, 6) is -0.831. The van der Waals surface area contributed by atoms with E-state index in [-0.39, 0.29) is 18.3 Å². The van der Waals surface area contributed by atoms with Crippen LogP contribution < -0.4 is 10.1 Å². The molecule has 0 aliphatic heterocycles. The summed E-state index contributed by atoms with van der Waals surface area (Å²) in [5.41, 5.74) is 1.36. The van der Waals surface area contributed by atoms with Gasteiger partial charge in [-0.05, 0) is 31.2 Å². The van der Waals surface area contributed by atoms with E-state index < -0.39 is 5.82 Å². The van der Waals surface area contributed by atoms with Crippen molar-refractivity contribution in [2.24, 2.45) is 0 Å². The van der Waals surface area contributed by atoms with Crippen LogP contribution in [0, 0.1) is 12.7 Å². The number of rotatable bonds is 5. The lowest BCUT2D eigenvalue weighted by atomic mass is 10.2. The highest BCUT2D eigenvalue weighted by Crippen LogP contribution is 2.22. The highest BCUT2D eigenvalue weighted by Gasteiger charge is 2.11. The van der Waals surface area contributed by atoms with E-state index in [1.807, 2.05) is 13.0 Å². The number of carbonyl (C=O) groups excluding carboxylic acids is 1. The number of aromatic nitrogens is 2. The Hall–Kier alpha value is -2.80. The van der Waals surface area contributed by atoms with Crippen LogP contribution in [0.25, 0.3) is 0 Å². The zero-order valence-corrected chi connectivity index (χ0v) is 13.6. The maximum atomic E-state index is 14.1. The third kappa shape index (κ3) is 3.94. The first-order valence-corrected chi connectivity index (χ1v) is 8.05. The molecule has 0 radical (unpaired) electrons. The molecule has 0 bridgehead atoms. The van der Waals surface area contributed by atoms with E-state index in [9.17, 15) is 9.18 Å². The molecule has 5 nitrogen and oxygen atoms in total. The summed E-state index contributed by atoms with van der Waals surface area (Å²) in [6, 6.07) is 9.69. The van der Waals surface area contributed by atoms with Crippen molar-refractivity contribution in [1.82, 2.24) is 9.97 Å². The van der Waals surface area contributed by atoms with Gasteiger partial charge in [0, 0.05) is 23.3 Å². The van der Waals surface area contributed by atoms with Crippen LogP contribution in [0.1, 0.15) is 21.2 Å². The van der Waals surface area contributed by atoms with Crippen LogP contribution in [-0.4, -0.2) is 15.9 Å². The molecule has 0 aliphatic carbocycles. The van der Waals surface area contributed by atoms with Crippen molar-refractivity contribution in [2.75, 3.05) is 5.32 Å². The first-order chi connectivity index (χ1) is 11.6. The van der Waals surface area contributed by atoms with Crippen molar-refractivity contribution in [3.8, 4) is 5.75 Å². The number of carbonyl (C=O) groups is 1. The number of nitrogens with one attached hydrogen (secondary N) is 1. The fourth-order valence-corrected chi connectivity index (χ4v) is 2.59. The van der Waals surface area contributed by atoms with Gasteiger partial charge in [-0.3, -0.25) is 9.78 Å². The van der Waals surface area contributed by atoms with E-state index in [0.717, 1.165) is 5.01 Å². The molecule has 2 heterocycles. The second-order valence-corrected chi connectivity index (χ2v) is 6.02. The summed E-state index contributed by atoms with van der Waals surface area (Å²) in [4.78, 5) is 20.2. The van der Waals surface area contributed by atoms with Crippen LogP contribution in [0.3, 0.4) is 0 Å². The lowest BCUT2D eigenvalue weighted by Gasteiger charge is -2.09. The third-order valence-corrected chi connectivity index (χ3v) is 3.92. The molecular weight excluding hydrogens is 329 g/mol. The molecule has 122 valence electrons. The van der Waals surface area contributed by atoms with Crippen molar-refractivity contribution < 1.29 is 13.9 Å². The zero-order valence-electron chi connectivity index (χ0n) is 12.8. The van der Waals surface area contributed by atoms with E-state index in [4.69, 9.17) is 4.74 Å². The number of nitrogens with zero attached hydrogens (tertiary/aromatic N) is 2. The molecule has 0 spiro atoms. The minimum atomic E-state index is -0.557. The molecule has 0 fully saturated rings. The van der Waals surface area contributed by atoms with Crippen LogP contribution in [0.15, 0.2) is 48.0 Å². The lowest BCUT2D eigenvalue weighted by Crippen LogP contribution is -2.12. The Morgan fingerprint density at radius 3 is 2.88 bits per heavy atom. The molecule has 1 amide bonds. The standard InChI is InChI=1S/C17H14FN3O2S/c1-11-20-15(10-24-11)17(22)21-12-5-6-16(14(18)8-12)23-9-13-4-2-3-7-19-13/h2-8,10H,9H2,1H3,(H,21,22). The van der Waals surface area contributed by atoms with E-state index in [2.05, 4.69) is 15.3 Å². The molecule has 24 heavy (non-hydrogen) atoms. The summed E-state index contributed by atoms with van der Waals surface area (Å²) < 4.78 is 19.5. The van der Waals surface area contributed by atoms with Crippen molar-refractivity contribution in [3.63, 3.8) is 0 Å². The first kappa shape index (κ1) is 16.1. The average molecular weight is 343 g/mol. The van der Waals surface area contributed by atoms with Gasteiger partial charge in [0.15, 0.2) is 11.6 Å². The topological polar surface area (TPSA) is 64.1 Å². The maximum absolute atomic E-state index is 14.1. The van der Waals surface area contributed by atoms with Crippen molar-refractivity contribution in [2.45, 2.75) is 13.5 Å². The summed E-state index contributed by atoms with van der Waals surface area (Å²) in [6.07, 6.45) is 1.65. The number of hydrogen-bond acceptors (Lipinski definition) is 5. The molecule has 1 aromatic carbocycles. The Morgan fingerprint density at radius 2 is 2.21 bits per heavy atom. The minimum absolute atomic E-state index is 0.100. The summed E-state index contributed by atoms with van der Waals surface area (Å²) >= 11 is 1.38. The quantitative estimate of drug-likeness (QED) is 0.765. The van der Waals surface area contributed by atoms with Crippen molar-refractivity contribution in [1.29, 1.82) is 0 Å². The highest BCUT2D eigenvalue weighted by atomic mass is 32.1. The monoisotopic (exact) mass is 343 g/mol. The van der Waals surface area contributed by atoms with Gasteiger partial charge in [-0.25, -0.2) is 9.37 Å².